The third-order valence-corrected chi connectivity index (χ3v) is 14.6. The number of nitrogens with two attached hydrogens (primary N) is 1. The van der Waals surface area contributed by atoms with Gasteiger partial charge in [-0.2, -0.15) is 0 Å². The van der Waals surface area contributed by atoms with Gasteiger partial charge in [-0.25, -0.2) is 4.99 Å². The average Bonchev–Trinajstić information content (AvgIpc) is 3.83. The Morgan fingerprint density at radius 2 is 1.77 bits per heavy atom. The fourth-order valence-electron chi connectivity index (χ4n) is 10.2. The van der Waals surface area contributed by atoms with Crippen molar-refractivity contribution in [3.05, 3.63) is 59.4 Å². The number of rotatable bonds is 8. The summed E-state index contributed by atoms with van der Waals surface area (Å²) in [4.78, 5) is 18.7. The highest BCUT2D eigenvalue weighted by Gasteiger charge is 2.48. The van der Waals surface area contributed by atoms with Gasteiger partial charge < -0.3 is 35.5 Å². The van der Waals surface area contributed by atoms with Gasteiger partial charge in [0.25, 0.3) is 0 Å². The Morgan fingerprint density at radius 1 is 0.981 bits per heavy atom. The number of hydrogen-bond acceptors (Lipinski definition) is 8. The van der Waals surface area contributed by atoms with Crippen LogP contribution in [0.5, 0.6) is 0 Å². The number of ether oxygens (including phenoxy) is 1. The largest absolute Gasteiger partial charge is 0.397 e. The summed E-state index contributed by atoms with van der Waals surface area (Å²) in [5, 5.41) is 4.85. The number of fused-ring (bicyclic) bond motifs is 2. The summed E-state index contributed by atoms with van der Waals surface area (Å²) in [7, 11) is 0. The maximum atomic E-state index is 6.73. The quantitative estimate of drug-likeness (QED) is 0.211. The summed E-state index contributed by atoms with van der Waals surface area (Å²) in [5.74, 6) is 0.721. The van der Waals surface area contributed by atoms with Crippen LogP contribution in [0.3, 0.4) is 0 Å². The van der Waals surface area contributed by atoms with E-state index < -0.39 is 0 Å². The van der Waals surface area contributed by atoms with Crippen LogP contribution in [0.1, 0.15) is 85.0 Å². The minimum atomic E-state index is -0.246. The van der Waals surface area contributed by atoms with E-state index in [9.17, 15) is 0 Å². The highest BCUT2D eigenvalue weighted by atomic mass is 32.2. The minimum absolute atomic E-state index is 0.0261. The highest BCUT2D eigenvalue weighted by Crippen LogP contribution is 2.52. The number of aromatic amines is 1. The molecule has 8 nitrogen and oxygen atoms in total. The summed E-state index contributed by atoms with van der Waals surface area (Å²) in [6, 6.07) is 16.8. The highest BCUT2D eigenvalue weighted by molar-refractivity contribution is 7.99. The van der Waals surface area contributed by atoms with Gasteiger partial charge in [0, 0.05) is 59.1 Å². The molecule has 4 N–H and O–H groups in total. The summed E-state index contributed by atoms with van der Waals surface area (Å²) < 4.78 is 6.46. The van der Waals surface area contributed by atoms with Gasteiger partial charge in [0.2, 0.25) is 0 Å². The number of nitrogens with zero attached hydrogens (tertiary/aromatic N) is 4. The van der Waals surface area contributed by atoms with Crippen LogP contribution in [0.25, 0.3) is 6.08 Å². The van der Waals surface area contributed by atoms with E-state index in [1.807, 2.05) is 18.0 Å². The van der Waals surface area contributed by atoms with Crippen molar-refractivity contribution in [1.82, 2.24) is 9.88 Å². The normalized spacial score (nSPS) is 27.4. The van der Waals surface area contributed by atoms with E-state index in [0.717, 1.165) is 65.1 Å². The number of piperidine rings is 1. The number of nitrogens with one attached hydrogen (secondary N) is 2. The molecule has 0 amide bonds. The molecule has 5 fully saturated rings. The molecule has 9 rings (SSSR count). The van der Waals surface area contributed by atoms with E-state index in [1.165, 1.54) is 93.6 Å². The lowest BCUT2D eigenvalue weighted by Gasteiger charge is -2.55. The van der Waals surface area contributed by atoms with Gasteiger partial charge in [0.15, 0.2) is 6.23 Å². The lowest BCUT2D eigenvalue weighted by molar-refractivity contribution is -0.0260. The van der Waals surface area contributed by atoms with Gasteiger partial charge in [-0.15, -0.1) is 0 Å². The molecule has 2 aliphatic carbocycles. The standard InChI is InChI=1S/C43H59N7OS/c1-29-28-50(38-22-31-12-17-45-40(31)47-41(38)51-29)37-23-32(49-20-15-43(16-21-49)25-33(26-43)48-18-4-5-19-48)6-9-39(37)52-34-7-8-36(35(44)24-34)46-27-30-10-13-42(2,3)14-11-30/h6-9,12,17,22-24,29-30,33,38,41,46H,4-5,10-11,13-16,18-21,25-28,44H2,1-3H3,(H,45,47)/t29-,38?,41?/m1/s1. The van der Waals surface area contributed by atoms with Crippen molar-refractivity contribution in [2.75, 3.05) is 60.1 Å². The zero-order chi connectivity index (χ0) is 35.5. The van der Waals surface area contributed by atoms with Gasteiger partial charge in [-0.1, -0.05) is 25.6 Å². The number of nitrogen functional groups attached to an aromatic ring is 1. The molecule has 2 saturated carbocycles. The molecule has 1 aromatic heterocycles. The molecule has 9 heteroatoms. The van der Waals surface area contributed by atoms with E-state index in [2.05, 4.69) is 94.3 Å². The van der Waals surface area contributed by atoms with E-state index in [1.54, 1.807) is 0 Å². The van der Waals surface area contributed by atoms with Crippen LogP contribution < -0.4 is 31.6 Å². The van der Waals surface area contributed by atoms with Crippen molar-refractivity contribution in [3.63, 3.8) is 0 Å². The van der Waals surface area contributed by atoms with Gasteiger partial charge in [-0.05, 0) is 150 Å². The predicted molar refractivity (Wildman–Crippen MR) is 215 cm³/mol. The second kappa shape index (κ2) is 13.9. The predicted octanol–water partition coefficient (Wildman–Crippen LogP) is 7.25. The third kappa shape index (κ3) is 6.98. The SMILES string of the molecule is C[C@@H]1CN(c2cc(N3CCC4(CC3)CC(N3CCCC3)C4)ccc2Sc2ccc(NCC3CCC(C)(C)CC3)c(N)c2)C2C=c3cc[nH]c3=NC2O1. The summed E-state index contributed by atoms with van der Waals surface area (Å²) in [6.45, 7) is 13.7. The van der Waals surface area contributed by atoms with Gasteiger partial charge >= 0.3 is 0 Å². The molecule has 5 heterocycles. The maximum Gasteiger partial charge on any atom is 0.174 e. The Kier molecular flexibility index (Phi) is 9.27. The Balaban J connectivity index is 0.954. The molecule has 1 spiro atoms. The van der Waals surface area contributed by atoms with Crippen molar-refractivity contribution in [2.24, 2.45) is 21.7 Å². The van der Waals surface area contributed by atoms with E-state index in [-0.39, 0.29) is 18.4 Å². The van der Waals surface area contributed by atoms with Crippen molar-refractivity contribution in [1.29, 1.82) is 0 Å². The van der Waals surface area contributed by atoms with Crippen LogP contribution in [-0.2, 0) is 4.74 Å². The third-order valence-electron chi connectivity index (χ3n) is 13.6. The van der Waals surface area contributed by atoms with Gasteiger partial charge in [0.05, 0.1) is 29.2 Å². The first-order valence-electron chi connectivity index (χ1n) is 20.3. The van der Waals surface area contributed by atoms with E-state index >= 15 is 0 Å². The fraction of sp³-hybridized carbons (Fsp3) is 0.605. The van der Waals surface area contributed by atoms with Crippen molar-refractivity contribution in [3.8, 4) is 0 Å². The zero-order valence-electron chi connectivity index (χ0n) is 31.6. The second-order valence-electron chi connectivity index (χ2n) is 17.8. The Hall–Kier alpha value is -3.14. The van der Waals surface area contributed by atoms with E-state index in [0.29, 0.717) is 10.8 Å². The van der Waals surface area contributed by atoms with Crippen molar-refractivity contribution in [2.45, 2.75) is 119 Å². The maximum absolute atomic E-state index is 6.73. The molecule has 4 aliphatic heterocycles. The monoisotopic (exact) mass is 721 g/mol. The first-order chi connectivity index (χ1) is 25.2. The topological polar surface area (TPSA) is 85.1 Å². The Labute approximate surface area is 314 Å². The number of anilines is 4. The molecule has 2 aromatic carbocycles. The summed E-state index contributed by atoms with van der Waals surface area (Å²) in [5.41, 5.74) is 13.2. The lowest BCUT2D eigenvalue weighted by Crippen LogP contribution is -2.56. The number of hydrogen-bond donors (Lipinski definition) is 3. The number of aromatic nitrogens is 1. The van der Waals surface area contributed by atoms with Crippen LogP contribution in [0, 0.1) is 16.7 Å². The molecular formula is C43H59N7OS. The van der Waals surface area contributed by atoms with Crippen LogP contribution in [-0.4, -0.2) is 73.6 Å². The van der Waals surface area contributed by atoms with Crippen LogP contribution in [0.4, 0.5) is 22.7 Å². The zero-order valence-corrected chi connectivity index (χ0v) is 32.4. The average molecular weight is 722 g/mol. The molecule has 52 heavy (non-hydrogen) atoms. The summed E-state index contributed by atoms with van der Waals surface area (Å²) >= 11 is 1.82. The number of benzene rings is 2. The Bertz CT molecular complexity index is 1860. The lowest BCUT2D eigenvalue weighted by atomic mass is 9.60. The Morgan fingerprint density at radius 3 is 2.54 bits per heavy atom. The number of likely N-dealkylation sites (tertiary alicyclic amines) is 1. The molecule has 0 radical (unpaired) electrons. The molecule has 278 valence electrons. The van der Waals surface area contributed by atoms with E-state index in [4.69, 9.17) is 15.5 Å². The minimum Gasteiger partial charge on any atom is -0.397 e. The molecule has 3 saturated heterocycles. The van der Waals surface area contributed by atoms with Gasteiger partial charge in [0.1, 0.15) is 5.49 Å². The number of morpholine rings is 1. The fourth-order valence-corrected chi connectivity index (χ4v) is 11.2. The first kappa shape index (κ1) is 34.6. The molecule has 3 aromatic rings. The summed E-state index contributed by atoms with van der Waals surface area (Å²) in [6.07, 6.45) is 17.6. The molecule has 3 atom stereocenters. The number of H-pyrrole nitrogens is 1. The molecule has 6 aliphatic rings. The van der Waals surface area contributed by atoms with Gasteiger partial charge in [-0.3, -0.25) is 0 Å². The van der Waals surface area contributed by atoms with Crippen molar-refractivity contribution < 1.29 is 4.74 Å². The molecular weight excluding hydrogens is 663 g/mol. The smallest absolute Gasteiger partial charge is 0.174 e. The first-order valence-corrected chi connectivity index (χ1v) is 21.1. The van der Waals surface area contributed by atoms with Crippen LogP contribution in [0.15, 0.2) is 63.4 Å². The van der Waals surface area contributed by atoms with Crippen LogP contribution in [0.2, 0.25) is 0 Å². The van der Waals surface area contributed by atoms with Crippen LogP contribution >= 0.6 is 11.8 Å². The van der Waals surface area contributed by atoms with Crippen molar-refractivity contribution >= 4 is 40.6 Å². The second-order valence-corrected chi connectivity index (χ2v) is 19.0. The molecule has 2 unspecified atom stereocenters. The molecule has 0 bridgehead atoms.